The summed E-state index contributed by atoms with van der Waals surface area (Å²) in [6, 6.07) is 8.50. The Morgan fingerprint density at radius 2 is 2.38 bits per heavy atom. The molecule has 1 saturated heterocycles. The Morgan fingerprint density at radius 1 is 1.48 bits per heavy atom. The third kappa shape index (κ3) is 3.46. The predicted octanol–water partition coefficient (Wildman–Crippen LogP) is 2.91. The molecule has 1 aromatic carbocycles. The van der Waals surface area contributed by atoms with E-state index in [1.54, 1.807) is 0 Å². The molecular formula is C16H21ClN4. The van der Waals surface area contributed by atoms with E-state index in [-0.39, 0.29) is 0 Å². The molecule has 2 heterocycles. The number of hydrogen-bond acceptors (Lipinski definition) is 3. The van der Waals surface area contributed by atoms with E-state index < -0.39 is 0 Å². The van der Waals surface area contributed by atoms with Crippen LogP contribution in [-0.2, 0) is 6.54 Å². The monoisotopic (exact) mass is 304 g/mol. The Balaban J connectivity index is 1.76. The van der Waals surface area contributed by atoms with Crippen molar-refractivity contribution in [1.29, 1.82) is 0 Å². The van der Waals surface area contributed by atoms with Gasteiger partial charge in [-0.3, -0.25) is 10.00 Å². The molecular weight excluding hydrogens is 284 g/mol. The predicted molar refractivity (Wildman–Crippen MR) is 86.4 cm³/mol. The Morgan fingerprint density at radius 3 is 3.19 bits per heavy atom. The summed E-state index contributed by atoms with van der Waals surface area (Å²) in [5.74, 6) is 0. The smallest absolute Gasteiger partial charge is 0.0695 e. The van der Waals surface area contributed by atoms with Crippen LogP contribution in [0, 0.1) is 0 Å². The van der Waals surface area contributed by atoms with Crippen molar-refractivity contribution in [2.75, 3.05) is 20.1 Å². The first-order valence-corrected chi connectivity index (χ1v) is 7.82. The summed E-state index contributed by atoms with van der Waals surface area (Å²) < 4.78 is 0. The van der Waals surface area contributed by atoms with Gasteiger partial charge < -0.3 is 5.32 Å². The van der Waals surface area contributed by atoms with Gasteiger partial charge >= 0.3 is 0 Å². The molecule has 0 spiro atoms. The zero-order valence-corrected chi connectivity index (χ0v) is 13.0. The van der Waals surface area contributed by atoms with Crippen LogP contribution in [0.3, 0.4) is 0 Å². The number of nitrogens with zero attached hydrogens (tertiary/aromatic N) is 2. The maximum absolute atomic E-state index is 6.09. The summed E-state index contributed by atoms with van der Waals surface area (Å²) in [6.45, 7) is 3.17. The molecule has 0 amide bonds. The second-order valence-corrected chi connectivity index (χ2v) is 6.08. The van der Waals surface area contributed by atoms with Gasteiger partial charge in [0, 0.05) is 35.3 Å². The van der Waals surface area contributed by atoms with E-state index in [0.717, 1.165) is 35.9 Å². The fourth-order valence-electron chi connectivity index (χ4n) is 3.00. The van der Waals surface area contributed by atoms with Gasteiger partial charge in [-0.15, -0.1) is 0 Å². The molecule has 4 nitrogen and oxygen atoms in total. The summed E-state index contributed by atoms with van der Waals surface area (Å²) in [6.07, 6.45) is 4.44. The second-order valence-electron chi connectivity index (χ2n) is 5.64. The molecule has 0 radical (unpaired) electrons. The van der Waals surface area contributed by atoms with E-state index in [9.17, 15) is 0 Å². The van der Waals surface area contributed by atoms with Crippen LogP contribution >= 0.6 is 11.6 Å². The lowest BCUT2D eigenvalue weighted by Crippen LogP contribution is -2.43. The van der Waals surface area contributed by atoms with Gasteiger partial charge in [0.25, 0.3) is 0 Å². The Hall–Kier alpha value is -1.36. The SMILES string of the molecule is CNC1CCCN(Cc2cn[nH]c2-c2cccc(Cl)c2)C1. The molecule has 2 N–H and O–H groups in total. The summed E-state index contributed by atoms with van der Waals surface area (Å²) >= 11 is 6.09. The topological polar surface area (TPSA) is 44.0 Å². The van der Waals surface area contributed by atoms with Crippen molar-refractivity contribution >= 4 is 11.6 Å². The lowest BCUT2D eigenvalue weighted by atomic mass is 10.0. The van der Waals surface area contributed by atoms with Gasteiger partial charge in [-0.25, -0.2) is 0 Å². The molecule has 1 aliphatic rings. The molecule has 1 unspecified atom stereocenters. The minimum Gasteiger partial charge on any atom is -0.316 e. The average molecular weight is 305 g/mol. The molecule has 1 aromatic heterocycles. The number of likely N-dealkylation sites (N-methyl/N-ethyl adjacent to an activating group) is 1. The van der Waals surface area contributed by atoms with Crippen LogP contribution in [0.4, 0.5) is 0 Å². The summed E-state index contributed by atoms with van der Waals surface area (Å²) in [4.78, 5) is 2.49. The Bertz CT molecular complexity index is 595. The van der Waals surface area contributed by atoms with Crippen LogP contribution in [0.5, 0.6) is 0 Å². The number of benzene rings is 1. The van der Waals surface area contributed by atoms with Crippen molar-refractivity contribution in [2.45, 2.75) is 25.4 Å². The highest BCUT2D eigenvalue weighted by molar-refractivity contribution is 6.30. The molecule has 1 aliphatic heterocycles. The van der Waals surface area contributed by atoms with Crippen molar-refractivity contribution in [3.8, 4) is 11.3 Å². The number of rotatable bonds is 4. The Labute approximate surface area is 130 Å². The molecule has 0 aliphatic carbocycles. The van der Waals surface area contributed by atoms with Crippen molar-refractivity contribution in [2.24, 2.45) is 0 Å². The quantitative estimate of drug-likeness (QED) is 0.913. The molecule has 0 bridgehead atoms. The fourth-order valence-corrected chi connectivity index (χ4v) is 3.19. The second kappa shape index (κ2) is 6.60. The molecule has 1 fully saturated rings. The highest BCUT2D eigenvalue weighted by atomic mass is 35.5. The van der Waals surface area contributed by atoms with Crippen LogP contribution in [0.25, 0.3) is 11.3 Å². The molecule has 0 saturated carbocycles. The lowest BCUT2D eigenvalue weighted by Gasteiger charge is -2.32. The van der Waals surface area contributed by atoms with Crippen LogP contribution < -0.4 is 5.32 Å². The number of H-pyrrole nitrogens is 1. The van der Waals surface area contributed by atoms with E-state index >= 15 is 0 Å². The standard InChI is InChI=1S/C16H21ClN4/c1-18-15-6-3-7-21(11-15)10-13-9-19-20-16(13)12-4-2-5-14(17)8-12/h2,4-5,8-9,15,18H,3,6-7,10-11H2,1H3,(H,19,20). The normalized spacial score (nSPS) is 19.8. The first-order chi connectivity index (χ1) is 10.3. The zero-order chi connectivity index (χ0) is 14.7. The number of piperidine rings is 1. The van der Waals surface area contributed by atoms with E-state index in [2.05, 4.69) is 26.5 Å². The molecule has 21 heavy (non-hydrogen) atoms. The summed E-state index contributed by atoms with van der Waals surface area (Å²) in [5, 5.41) is 11.5. The number of hydrogen-bond donors (Lipinski definition) is 2. The molecule has 112 valence electrons. The van der Waals surface area contributed by atoms with Crippen molar-refractivity contribution in [3.05, 3.63) is 41.0 Å². The van der Waals surface area contributed by atoms with Gasteiger partial charge in [0.15, 0.2) is 0 Å². The molecule has 2 aromatic rings. The summed E-state index contributed by atoms with van der Waals surface area (Å²) in [5.41, 5.74) is 3.40. The lowest BCUT2D eigenvalue weighted by molar-refractivity contribution is 0.188. The van der Waals surface area contributed by atoms with Crippen molar-refractivity contribution in [3.63, 3.8) is 0 Å². The van der Waals surface area contributed by atoms with E-state index in [0.29, 0.717) is 6.04 Å². The minimum absolute atomic E-state index is 0.597. The molecule has 1 atom stereocenters. The van der Waals surface area contributed by atoms with Crippen LogP contribution in [0.15, 0.2) is 30.5 Å². The van der Waals surface area contributed by atoms with Crippen LogP contribution in [-0.4, -0.2) is 41.3 Å². The maximum atomic E-state index is 6.09. The molecule has 3 rings (SSSR count). The van der Waals surface area contributed by atoms with Gasteiger partial charge in [0.2, 0.25) is 0 Å². The third-order valence-corrected chi connectivity index (χ3v) is 4.37. The number of aromatic amines is 1. The highest BCUT2D eigenvalue weighted by Gasteiger charge is 2.20. The van der Waals surface area contributed by atoms with E-state index in [1.165, 1.54) is 18.4 Å². The van der Waals surface area contributed by atoms with Crippen LogP contribution in [0.2, 0.25) is 5.02 Å². The zero-order valence-electron chi connectivity index (χ0n) is 12.3. The van der Waals surface area contributed by atoms with Crippen molar-refractivity contribution in [1.82, 2.24) is 20.4 Å². The van der Waals surface area contributed by atoms with E-state index in [4.69, 9.17) is 11.6 Å². The number of likely N-dealkylation sites (tertiary alicyclic amines) is 1. The van der Waals surface area contributed by atoms with Gasteiger partial charge in [-0.05, 0) is 38.6 Å². The largest absolute Gasteiger partial charge is 0.316 e. The fraction of sp³-hybridized carbons (Fsp3) is 0.438. The average Bonchev–Trinajstić information content (AvgIpc) is 2.95. The number of halogens is 1. The van der Waals surface area contributed by atoms with E-state index in [1.807, 2.05) is 31.4 Å². The third-order valence-electron chi connectivity index (χ3n) is 4.14. The number of nitrogens with one attached hydrogen (secondary N) is 2. The van der Waals surface area contributed by atoms with Gasteiger partial charge in [0.05, 0.1) is 11.9 Å². The molecule has 5 heteroatoms. The van der Waals surface area contributed by atoms with Crippen molar-refractivity contribution < 1.29 is 0 Å². The first-order valence-electron chi connectivity index (χ1n) is 7.44. The van der Waals surface area contributed by atoms with Gasteiger partial charge in [0.1, 0.15) is 0 Å². The highest BCUT2D eigenvalue weighted by Crippen LogP contribution is 2.25. The summed E-state index contributed by atoms with van der Waals surface area (Å²) in [7, 11) is 2.05. The Kier molecular flexibility index (Phi) is 4.58. The van der Waals surface area contributed by atoms with Crippen LogP contribution in [0.1, 0.15) is 18.4 Å². The maximum Gasteiger partial charge on any atom is 0.0695 e. The minimum atomic E-state index is 0.597. The first kappa shape index (κ1) is 14.6. The van der Waals surface area contributed by atoms with Gasteiger partial charge in [-0.2, -0.15) is 5.10 Å². The van der Waals surface area contributed by atoms with Gasteiger partial charge in [-0.1, -0.05) is 23.7 Å². The number of aromatic nitrogens is 2.